The number of fused-ring (bicyclic) bond motifs is 1. The van der Waals surface area contributed by atoms with Gasteiger partial charge in [-0.25, -0.2) is 19.3 Å². The molecule has 0 fully saturated rings. The second kappa shape index (κ2) is 9.14. The van der Waals surface area contributed by atoms with Gasteiger partial charge in [-0.15, -0.1) is 0 Å². The second-order valence-corrected chi connectivity index (χ2v) is 7.33. The van der Waals surface area contributed by atoms with Crippen molar-refractivity contribution in [1.29, 1.82) is 0 Å². The SMILES string of the molecule is CC.Cc1ccc(-n2c(-c3cccnc3N)nc3ccc(C4=CCCC=C4F)nc32)cc1. The van der Waals surface area contributed by atoms with Gasteiger partial charge in [-0.1, -0.05) is 37.6 Å². The lowest BCUT2D eigenvalue weighted by molar-refractivity contribution is 0.659. The first-order chi connectivity index (χ1) is 15.6. The number of hydrogen-bond donors (Lipinski definition) is 1. The lowest BCUT2D eigenvalue weighted by Gasteiger charge is -2.12. The molecule has 0 amide bonds. The van der Waals surface area contributed by atoms with Gasteiger partial charge in [0.25, 0.3) is 0 Å². The van der Waals surface area contributed by atoms with Gasteiger partial charge >= 0.3 is 0 Å². The molecular weight excluding hydrogens is 401 g/mol. The maximum atomic E-state index is 14.4. The summed E-state index contributed by atoms with van der Waals surface area (Å²) in [6, 6.07) is 15.5. The van der Waals surface area contributed by atoms with Crippen LogP contribution in [0, 0.1) is 6.92 Å². The molecule has 0 atom stereocenters. The van der Waals surface area contributed by atoms with Crippen LogP contribution < -0.4 is 5.73 Å². The van der Waals surface area contributed by atoms with Crippen LogP contribution in [-0.4, -0.2) is 19.5 Å². The molecular formula is C26H26FN5. The molecule has 32 heavy (non-hydrogen) atoms. The Morgan fingerprint density at radius 3 is 2.41 bits per heavy atom. The lowest BCUT2D eigenvalue weighted by atomic mass is 10.0. The zero-order chi connectivity index (χ0) is 22.7. The molecule has 1 aliphatic rings. The first-order valence-electron chi connectivity index (χ1n) is 10.9. The van der Waals surface area contributed by atoms with Gasteiger partial charge in [0.05, 0.1) is 11.3 Å². The molecule has 0 aliphatic heterocycles. The van der Waals surface area contributed by atoms with Crippen molar-refractivity contribution in [3.63, 3.8) is 0 Å². The van der Waals surface area contributed by atoms with Gasteiger partial charge in [0.2, 0.25) is 0 Å². The molecule has 0 unspecified atom stereocenters. The van der Waals surface area contributed by atoms with E-state index in [9.17, 15) is 4.39 Å². The number of nitrogens with zero attached hydrogens (tertiary/aromatic N) is 4. The number of imidazole rings is 1. The second-order valence-electron chi connectivity index (χ2n) is 7.33. The number of nitrogen functional groups attached to an aromatic ring is 1. The van der Waals surface area contributed by atoms with Crippen LogP contribution >= 0.6 is 0 Å². The normalized spacial score (nSPS) is 13.2. The van der Waals surface area contributed by atoms with Crippen LogP contribution in [0.25, 0.3) is 33.8 Å². The van der Waals surface area contributed by atoms with Crippen molar-refractivity contribution in [3.05, 3.63) is 84.0 Å². The van der Waals surface area contributed by atoms with Gasteiger partial charge in [-0.3, -0.25) is 4.57 Å². The molecule has 0 saturated carbocycles. The predicted octanol–water partition coefficient (Wildman–Crippen LogP) is 6.43. The number of pyridine rings is 2. The number of benzene rings is 1. The highest BCUT2D eigenvalue weighted by Gasteiger charge is 2.20. The van der Waals surface area contributed by atoms with Crippen LogP contribution in [0.15, 0.2) is 72.7 Å². The summed E-state index contributed by atoms with van der Waals surface area (Å²) in [6.45, 7) is 6.04. The molecule has 6 heteroatoms. The van der Waals surface area contributed by atoms with E-state index in [1.165, 1.54) is 0 Å². The quantitative estimate of drug-likeness (QED) is 0.409. The predicted molar refractivity (Wildman–Crippen MR) is 129 cm³/mol. The standard InChI is InChI=1S/C24H20FN5.C2H6/c1-15-8-10-16(11-9-15)30-23(18-6-4-14-27-22(18)26)29-21-13-12-20(28-24(21)30)17-5-2-3-7-19(17)25;1-2/h4-14H,2-3H2,1H3,(H2,26,27);1-2H3. The summed E-state index contributed by atoms with van der Waals surface area (Å²) in [6.07, 6.45) is 6.68. The molecule has 5 nitrogen and oxygen atoms in total. The third-order valence-corrected chi connectivity index (χ3v) is 5.25. The van der Waals surface area contributed by atoms with Crippen molar-refractivity contribution < 1.29 is 4.39 Å². The number of nitrogens with two attached hydrogens (primary N) is 1. The highest BCUT2D eigenvalue weighted by Crippen LogP contribution is 2.33. The monoisotopic (exact) mass is 427 g/mol. The van der Waals surface area contributed by atoms with E-state index >= 15 is 0 Å². The third kappa shape index (κ3) is 3.91. The molecule has 0 saturated heterocycles. The fourth-order valence-electron chi connectivity index (χ4n) is 3.71. The van der Waals surface area contributed by atoms with Crippen LogP contribution in [0.4, 0.5) is 10.2 Å². The van der Waals surface area contributed by atoms with Gasteiger partial charge in [-0.05, 0) is 62.2 Å². The Labute approximate surface area is 187 Å². The summed E-state index contributed by atoms with van der Waals surface area (Å²) >= 11 is 0. The Hall–Kier alpha value is -3.80. The van der Waals surface area contributed by atoms with Crippen molar-refractivity contribution >= 4 is 22.6 Å². The van der Waals surface area contributed by atoms with E-state index in [-0.39, 0.29) is 5.83 Å². The van der Waals surface area contributed by atoms with Gasteiger partial charge in [0.1, 0.15) is 17.2 Å². The first kappa shape index (κ1) is 21.4. The summed E-state index contributed by atoms with van der Waals surface area (Å²) in [5.74, 6) is 0.814. The van der Waals surface area contributed by atoms with Crippen LogP contribution in [0.1, 0.15) is 37.9 Å². The number of allylic oxidation sites excluding steroid dienone is 4. The van der Waals surface area contributed by atoms with Crippen LogP contribution in [0.3, 0.4) is 0 Å². The van der Waals surface area contributed by atoms with Crippen LogP contribution in [-0.2, 0) is 0 Å². The zero-order valence-electron chi connectivity index (χ0n) is 18.5. The molecule has 0 bridgehead atoms. The summed E-state index contributed by atoms with van der Waals surface area (Å²) in [4.78, 5) is 13.8. The van der Waals surface area contributed by atoms with E-state index in [1.54, 1.807) is 12.3 Å². The number of hydrogen-bond acceptors (Lipinski definition) is 4. The highest BCUT2D eigenvalue weighted by atomic mass is 19.1. The largest absolute Gasteiger partial charge is 0.383 e. The van der Waals surface area contributed by atoms with Crippen molar-refractivity contribution in [2.24, 2.45) is 0 Å². The molecule has 2 N–H and O–H groups in total. The van der Waals surface area contributed by atoms with E-state index in [4.69, 9.17) is 15.7 Å². The van der Waals surface area contributed by atoms with E-state index in [1.807, 2.05) is 79.9 Å². The van der Waals surface area contributed by atoms with Gasteiger partial charge in [-0.2, -0.15) is 0 Å². The van der Waals surface area contributed by atoms with Crippen molar-refractivity contribution in [2.45, 2.75) is 33.6 Å². The number of halogens is 1. The molecule has 0 radical (unpaired) electrons. The maximum Gasteiger partial charge on any atom is 0.165 e. The lowest BCUT2D eigenvalue weighted by Crippen LogP contribution is -2.03. The summed E-state index contributed by atoms with van der Waals surface area (Å²) in [5.41, 5.74) is 11.4. The van der Waals surface area contributed by atoms with Crippen molar-refractivity contribution in [2.75, 3.05) is 5.73 Å². The Bertz CT molecular complexity index is 1320. The first-order valence-corrected chi connectivity index (χ1v) is 10.9. The molecule has 5 rings (SSSR count). The summed E-state index contributed by atoms with van der Waals surface area (Å²) < 4.78 is 16.4. The minimum Gasteiger partial charge on any atom is -0.383 e. The molecule has 0 spiro atoms. The summed E-state index contributed by atoms with van der Waals surface area (Å²) in [7, 11) is 0. The number of anilines is 1. The van der Waals surface area contributed by atoms with E-state index in [2.05, 4.69) is 4.98 Å². The fourth-order valence-corrected chi connectivity index (χ4v) is 3.71. The molecule has 3 heterocycles. The minimum absolute atomic E-state index is 0.230. The Morgan fingerprint density at radius 2 is 1.69 bits per heavy atom. The molecule has 4 aromatic rings. The van der Waals surface area contributed by atoms with Gasteiger partial charge in [0.15, 0.2) is 11.5 Å². The Balaban J connectivity index is 0.00000119. The number of rotatable bonds is 3. The maximum absolute atomic E-state index is 14.4. The number of aromatic nitrogens is 4. The molecule has 3 aromatic heterocycles. The highest BCUT2D eigenvalue weighted by molar-refractivity contribution is 5.85. The average molecular weight is 428 g/mol. The Morgan fingerprint density at radius 1 is 0.938 bits per heavy atom. The molecule has 162 valence electrons. The minimum atomic E-state index is -0.230. The number of aryl methyl sites for hydroxylation is 1. The topological polar surface area (TPSA) is 69.6 Å². The average Bonchev–Trinajstić information content (AvgIpc) is 3.20. The molecule has 1 aromatic carbocycles. The smallest absolute Gasteiger partial charge is 0.165 e. The third-order valence-electron chi connectivity index (χ3n) is 5.25. The van der Waals surface area contributed by atoms with Crippen LogP contribution in [0.5, 0.6) is 0 Å². The van der Waals surface area contributed by atoms with E-state index in [0.717, 1.165) is 23.2 Å². The fraction of sp³-hybridized carbons (Fsp3) is 0.192. The van der Waals surface area contributed by atoms with Gasteiger partial charge in [0, 0.05) is 17.5 Å². The Kier molecular flexibility index (Phi) is 6.12. The van der Waals surface area contributed by atoms with E-state index in [0.29, 0.717) is 40.5 Å². The van der Waals surface area contributed by atoms with Crippen molar-refractivity contribution in [3.8, 4) is 17.1 Å². The molecule has 1 aliphatic carbocycles. The summed E-state index contributed by atoms with van der Waals surface area (Å²) in [5, 5.41) is 0. The zero-order valence-corrected chi connectivity index (χ0v) is 18.5. The van der Waals surface area contributed by atoms with Crippen LogP contribution in [0.2, 0.25) is 0 Å². The van der Waals surface area contributed by atoms with E-state index < -0.39 is 0 Å². The van der Waals surface area contributed by atoms with Crippen molar-refractivity contribution in [1.82, 2.24) is 19.5 Å². The van der Waals surface area contributed by atoms with Gasteiger partial charge < -0.3 is 5.73 Å².